The summed E-state index contributed by atoms with van der Waals surface area (Å²) in [6, 6.07) is 4.48. The normalized spacial score (nSPS) is 31.2. The Bertz CT molecular complexity index is 1220. The zero-order chi connectivity index (χ0) is 24.2. The standard InChI is InChI=1S/C26H33N7OS/c1-25-18(16-27)23(28)35-19(25)7-4-10-26(25)9-3-6-17-21(31-34-22(17)26)24-29-11-8-20(30-24)33-13-5-12-32(2)14-15-33/h8,11,19H,3-7,9-10,12-15,28H2,1-2H3/t19?,25?,26-/m1/s1. The second-order valence-corrected chi connectivity index (χ2v) is 12.0. The van der Waals surface area contributed by atoms with Gasteiger partial charge >= 0.3 is 0 Å². The molecular formula is C26H33N7OS. The van der Waals surface area contributed by atoms with Crippen LogP contribution in [-0.4, -0.2) is 58.5 Å². The van der Waals surface area contributed by atoms with Crippen molar-refractivity contribution in [1.82, 2.24) is 20.0 Å². The quantitative estimate of drug-likeness (QED) is 0.670. The van der Waals surface area contributed by atoms with Crippen LogP contribution in [0.3, 0.4) is 0 Å². The molecule has 35 heavy (non-hydrogen) atoms. The molecule has 2 aliphatic carbocycles. The van der Waals surface area contributed by atoms with Crippen LogP contribution in [0.2, 0.25) is 0 Å². The fourth-order valence-corrected chi connectivity index (χ4v) is 8.63. The summed E-state index contributed by atoms with van der Waals surface area (Å²) in [5.41, 5.74) is 8.41. The first-order valence-corrected chi connectivity index (χ1v) is 13.7. The topological polar surface area (TPSA) is 108 Å². The van der Waals surface area contributed by atoms with Crippen LogP contribution in [0.1, 0.15) is 56.8 Å². The molecule has 8 nitrogen and oxygen atoms in total. The Kier molecular flexibility index (Phi) is 5.57. The molecule has 1 saturated carbocycles. The maximum atomic E-state index is 10.1. The lowest BCUT2D eigenvalue weighted by Gasteiger charge is -2.53. The van der Waals surface area contributed by atoms with Gasteiger partial charge in [0, 0.05) is 47.5 Å². The van der Waals surface area contributed by atoms with E-state index in [1.54, 1.807) is 11.8 Å². The minimum atomic E-state index is -0.346. The Hall–Kier alpha value is -2.57. The van der Waals surface area contributed by atoms with E-state index in [2.05, 4.69) is 40.0 Å². The van der Waals surface area contributed by atoms with E-state index in [1.807, 2.05) is 12.3 Å². The molecule has 2 aromatic rings. The van der Waals surface area contributed by atoms with Crippen molar-refractivity contribution in [1.29, 1.82) is 5.26 Å². The van der Waals surface area contributed by atoms with Crippen LogP contribution in [0.15, 0.2) is 27.4 Å². The van der Waals surface area contributed by atoms with Gasteiger partial charge < -0.3 is 20.1 Å². The van der Waals surface area contributed by atoms with Crippen LogP contribution in [0.5, 0.6) is 0 Å². The number of likely N-dealkylation sites (N-methyl/N-ethyl adjacent to an activating group) is 1. The second-order valence-electron chi connectivity index (χ2n) is 10.7. The molecule has 2 aliphatic heterocycles. The molecule has 2 aromatic heterocycles. The number of hydrogen-bond acceptors (Lipinski definition) is 9. The smallest absolute Gasteiger partial charge is 0.184 e. The van der Waals surface area contributed by atoms with E-state index in [9.17, 15) is 5.26 Å². The Morgan fingerprint density at radius 1 is 1.20 bits per heavy atom. The fourth-order valence-electron chi connectivity index (χ4n) is 7.08. The first kappa shape index (κ1) is 22.9. The van der Waals surface area contributed by atoms with Crippen molar-refractivity contribution in [3.05, 3.63) is 34.2 Å². The van der Waals surface area contributed by atoms with Gasteiger partial charge in [-0.15, -0.1) is 11.8 Å². The van der Waals surface area contributed by atoms with Crippen LogP contribution in [0.25, 0.3) is 11.5 Å². The number of allylic oxidation sites excluding steroid dienone is 1. The minimum absolute atomic E-state index is 0.263. The summed E-state index contributed by atoms with van der Waals surface area (Å²) >= 11 is 1.69. The number of nitriles is 1. The highest BCUT2D eigenvalue weighted by Crippen LogP contribution is 2.67. The van der Waals surface area contributed by atoms with E-state index in [0.717, 1.165) is 99.5 Å². The Morgan fingerprint density at radius 2 is 2.06 bits per heavy atom. The average molecular weight is 492 g/mol. The maximum absolute atomic E-state index is 10.1. The van der Waals surface area contributed by atoms with Gasteiger partial charge in [0.1, 0.15) is 11.6 Å². The number of anilines is 1. The van der Waals surface area contributed by atoms with Crippen molar-refractivity contribution >= 4 is 17.6 Å². The summed E-state index contributed by atoms with van der Waals surface area (Å²) in [6.45, 7) is 6.32. The maximum Gasteiger partial charge on any atom is 0.184 e. The molecule has 0 radical (unpaired) electrons. The predicted octanol–water partition coefficient (Wildman–Crippen LogP) is 3.85. The van der Waals surface area contributed by atoms with Crippen LogP contribution in [0, 0.1) is 16.7 Å². The number of nitrogens with two attached hydrogens (primary N) is 1. The average Bonchev–Trinajstić information content (AvgIpc) is 3.32. The molecule has 6 rings (SSSR count). The molecule has 0 aromatic carbocycles. The van der Waals surface area contributed by atoms with Gasteiger partial charge in [-0.25, -0.2) is 9.97 Å². The third-order valence-electron chi connectivity index (χ3n) is 9.00. The second kappa shape index (κ2) is 8.52. The largest absolute Gasteiger partial charge is 0.393 e. The van der Waals surface area contributed by atoms with E-state index >= 15 is 0 Å². The predicted molar refractivity (Wildman–Crippen MR) is 137 cm³/mol. The monoisotopic (exact) mass is 491 g/mol. The van der Waals surface area contributed by atoms with E-state index < -0.39 is 0 Å². The molecule has 3 atom stereocenters. The molecular weight excluding hydrogens is 458 g/mol. The van der Waals surface area contributed by atoms with Gasteiger partial charge in [-0.3, -0.25) is 0 Å². The molecule has 2 fully saturated rings. The number of fused-ring (bicyclic) bond motifs is 4. The van der Waals surface area contributed by atoms with Crippen molar-refractivity contribution < 1.29 is 4.52 Å². The number of rotatable bonds is 2. The molecule has 4 aliphatic rings. The van der Waals surface area contributed by atoms with Gasteiger partial charge in [0.2, 0.25) is 0 Å². The number of hydrogen-bond donors (Lipinski definition) is 1. The van der Waals surface area contributed by atoms with Gasteiger partial charge in [-0.1, -0.05) is 18.5 Å². The highest BCUT2D eigenvalue weighted by molar-refractivity contribution is 8.04. The van der Waals surface area contributed by atoms with Crippen LogP contribution < -0.4 is 10.6 Å². The molecule has 184 valence electrons. The number of aromatic nitrogens is 3. The summed E-state index contributed by atoms with van der Waals surface area (Å²) in [6.07, 6.45) is 9.04. The SMILES string of the molecule is CN1CCCN(c2ccnc(-c3noc4c3CCC[C@@]43CCCC4SC(N)=C(C#N)C43C)n2)CC1. The van der Waals surface area contributed by atoms with Crippen LogP contribution in [-0.2, 0) is 11.8 Å². The lowest BCUT2D eigenvalue weighted by molar-refractivity contribution is 0.0753. The number of nitrogens with zero attached hydrogens (tertiary/aromatic N) is 6. The van der Waals surface area contributed by atoms with Crippen LogP contribution in [0.4, 0.5) is 5.82 Å². The lowest BCUT2D eigenvalue weighted by atomic mass is 9.49. The number of thioether (sulfide) groups is 1. The lowest BCUT2D eigenvalue weighted by Crippen LogP contribution is -2.53. The molecule has 1 spiro atoms. The zero-order valence-corrected chi connectivity index (χ0v) is 21.4. The van der Waals surface area contributed by atoms with Gasteiger partial charge in [0.15, 0.2) is 11.5 Å². The highest BCUT2D eigenvalue weighted by atomic mass is 32.2. The molecule has 2 unspecified atom stereocenters. The molecule has 2 N–H and O–H groups in total. The Morgan fingerprint density at radius 3 is 2.91 bits per heavy atom. The molecule has 9 heteroatoms. The van der Waals surface area contributed by atoms with Crippen molar-refractivity contribution in [2.45, 2.75) is 62.5 Å². The highest BCUT2D eigenvalue weighted by Gasteiger charge is 2.64. The minimum Gasteiger partial charge on any atom is -0.393 e. The first-order valence-electron chi connectivity index (χ1n) is 12.8. The molecule has 1 saturated heterocycles. The first-order chi connectivity index (χ1) is 17.0. The summed E-state index contributed by atoms with van der Waals surface area (Å²) in [5, 5.41) is 15.7. The van der Waals surface area contributed by atoms with Gasteiger partial charge in [-0.05, 0) is 58.2 Å². The van der Waals surface area contributed by atoms with Gasteiger partial charge in [-0.2, -0.15) is 5.26 Å². The van der Waals surface area contributed by atoms with Crippen molar-refractivity contribution in [2.24, 2.45) is 11.1 Å². The van der Waals surface area contributed by atoms with E-state index in [1.165, 1.54) is 0 Å². The van der Waals surface area contributed by atoms with Crippen molar-refractivity contribution in [3.63, 3.8) is 0 Å². The van der Waals surface area contributed by atoms with Crippen molar-refractivity contribution in [2.75, 3.05) is 38.1 Å². The van der Waals surface area contributed by atoms with Gasteiger partial charge in [0.05, 0.1) is 16.7 Å². The zero-order valence-electron chi connectivity index (χ0n) is 20.6. The van der Waals surface area contributed by atoms with E-state index in [0.29, 0.717) is 16.1 Å². The summed E-state index contributed by atoms with van der Waals surface area (Å²) in [5.74, 6) is 2.53. The Balaban J connectivity index is 1.41. The summed E-state index contributed by atoms with van der Waals surface area (Å²) in [7, 11) is 2.17. The summed E-state index contributed by atoms with van der Waals surface area (Å²) < 4.78 is 6.22. The molecule has 4 heterocycles. The van der Waals surface area contributed by atoms with E-state index in [-0.39, 0.29) is 10.8 Å². The van der Waals surface area contributed by atoms with Gasteiger partial charge in [0.25, 0.3) is 0 Å². The van der Waals surface area contributed by atoms with Crippen molar-refractivity contribution in [3.8, 4) is 17.6 Å². The third-order valence-corrected chi connectivity index (χ3v) is 10.5. The molecule has 0 bridgehead atoms. The third kappa shape index (κ3) is 3.33. The molecule has 0 amide bonds. The van der Waals surface area contributed by atoms with E-state index in [4.69, 9.17) is 15.2 Å². The fraction of sp³-hybridized carbons (Fsp3) is 0.615. The Labute approximate surface area is 210 Å². The van der Waals surface area contributed by atoms with Crippen LogP contribution >= 0.6 is 11.8 Å². The summed E-state index contributed by atoms with van der Waals surface area (Å²) in [4.78, 5) is 14.3.